The van der Waals surface area contributed by atoms with E-state index in [0.717, 1.165) is 12.0 Å². The number of carbonyl (C=O) groups excluding carboxylic acids is 3. The number of halogens is 1. The normalized spacial score (nSPS) is 20.0. The van der Waals surface area contributed by atoms with Gasteiger partial charge in [-0.05, 0) is 73.4 Å². The molecule has 1 saturated heterocycles. The van der Waals surface area contributed by atoms with E-state index in [9.17, 15) is 14.4 Å². The summed E-state index contributed by atoms with van der Waals surface area (Å²) in [4.78, 5) is 44.2. The summed E-state index contributed by atoms with van der Waals surface area (Å²) >= 11 is 5.99. The zero-order chi connectivity index (χ0) is 28.8. The zero-order valence-electron chi connectivity index (χ0n) is 22.6. The van der Waals surface area contributed by atoms with E-state index in [-0.39, 0.29) is 43.1 Å². The Balaban J connectivity index is 1.17. The first-order valence-corrected chi connectivity index (χ1v) is 13.9. The fraction of sp³-hybridized carbons (Fsp3) is 0.333. The maximum atomic E-state index is 13.5. The minimum Gasteiger partial charge on any atom is -0.490 e. The number of rotatable bonds is 7. The lowest BCUT2D eigenvalue weighted by Gasteiger charge is -2.42. The molecule has 41 heavy (non-hydrogen) atoms. The molecule has 0 radical (unpaired) electrons. The van der Waals surface area contributed by atoms with Crippen LogP contribution in [0.2, 0.25) is 5.02 Å². The van der Waals surface area contributed by atoms with Crippen LogP contribution in [-0.4, -0.2) is 66.2 Å². The van der Waals surface area contributed by atoms with Crippen LogP contribution < -0.4 is 20.7 Å². The molecule has 0 saturated carbocycles. The van der Waals surface area contributed by atoms with Crippen molar-refractivity contribution in [1.29, 1.82) is 0 Å². The third kappa shape index (κ3) is 7.33. The number of nitrogens with one attached hydrogen (secondary N) is 3. The highest BCUT2D eigenvalue weighted by Crippen LogP contribution is 2.32. The van der Waals surface area contributed by atoms with Gasteiger partial charge in [0.2, 0.25) is 5.91 Å². The molecule has 1 fully saturated rings. The van der Waals surface area contributed by atoms with E-state index < -0.39 is 6.03 Å². The third-order valence-electron chi connectivity index (χ3n) is 7.25. The molecule has 4 amide bonds. The second kappa shape index (κ2) is 13.0. The maximum Gasteiger partial charge on any atom is 0.323 e. The van der Waals surface area contributed by atoms with Crippen molar-refractivity contribution in [1.82, 2.24) is 15.2 Å². The molecule has 11 heteroatoms. The number of ether oxygens (including phenoxy) is 2. The van der Waals surface area contributed by atoms with Crippen LogP contribution in [0.15, 0.2) is 67.0 Å². The van der Waals surface area contributed by atoms with Crippen LogP contribution in [0.4, 0.5) is 16.2 Å². The predicted octanol–water partition coefficient (Wildman–Crippen LogP) is 4.51. The van der Waals surface area contributed by atoms with E-state index in [1.165, 1.54) is 0 Å². The van der Waals surface area contributed by atoms with E-state index in [1.54, 1.807) is 66.8 Å². The third-order valence-corrected chi connectivity index (χ3v) is 7.49. The lowest BCUT2D eigenvalue weighted by atomic mass is 9.94. The molecule has 2 aromatic carbocycles. The Kier molecular flexibility index (Phi) is 9.01. The Morgan fingerprint density at radius 3 is 2.61 bits per heavy atom. The molecule has 2 aliphatic heterocycles. The van der Waals surface area contributed by atoms with Gasteiger partial charge in [0.25, 0.3) is 5.91 Å². The summed E-state index contributed by atoms with van der Waals surface area (Å²) in [5.74, 6) is 0.105. The van der Waals surface area contributed by atoms with E-state index >= 15 is 0 Å². The number of likely N-dealkylation sites (N-methyl/N-ethyl adjacent to an activating group) is 1. The van der Waals surface area contributed by atoms with Crippen LogP contribution >= 0.6 is 11.6 Å². The molecule has 3 aromatic rings. The molecule has 214 valence electrons. The molecule has 0 aliphatic carbocycles. The Morgan fingerprint density at radius 1 is 1.05 bits per heavy atom. The minimum absolute atomic E-state index is 0.0662. The monoisotopic (exact) mass is 577 g/mol. The van der Waals surface area contributed by atoms with Gasteiger partial charge in [0.15, 0.2) is 0 Å². The van der Waals surface area contributed by atoms with Gasteiger partial charge in [-0.15, -0.1) is 0 Å². The van der Waals surface area contributed by atoms with Gasteiger partial charge >= 0.3 is 6.03 Å². The number of hydrogen-bond acceptors (Lipinski definition) is 6. The number of pyridine rings is 1. The predicted molar refractivity (Wildman–Crippen MR) is 155 cm³/mol. The highest BCUT2D eigenvalue weighted by atomic mass is 35.5. The Hall–Kier alpha value is -4.15. The molecule has 3 heterocycles. The molecular weight excluding hydrogens is 546 g/mol. The first-order chi connectivity index (χ1) is 19.9. The van der Waals surface area contributed by atoms with Crippen molar-refractivity contribution in [2.24, 2.45) is 0 Å². The summed E-state index contributed by atoms with van der Waals surface area (Å²) in [5.41, 5.74) is 2.45. The Labute approximate surface area is 243 Å². The quantitative estimate of drug-likeness (QED) is 0.380. The summed E-state index contributed by atoms with van der Waals surface area (Å²) in [6.45, 7) is 0.773. The number of fused-ring (bicyclic) bond motifs is 2. The minimum atomic E-state index is -0.465. The molecule has 0 unspecified atom stereocenters. The van der Waals surface area contributed by atoms with Crippen molar-refractivity contribution in [3.8, 4) is 5.75 Å². The lowest BCUT2D eigenvalue weighted by molar-refractivity contribution is -0.134. The number of amides is 4. The average molecular weight is 578 g/mol. The summed E-state index contributed by atoms with van der Waals surface area (Å²) in [7, 11) is 1.75. The molecule has 0 spiro atoms. The number of hydrogen-bond donors (Lipinski definition) is 3. The lowest BCUT2D eigenvalue weighted by Crippen LogP contribution is -2.54. The van der Waals surface area contributed by atoms with Crippen molar-refractivity contribution < 1.29 is 23.9 Å². The molecule has 3 N–H and O–H groups in total. The van der Waals surface area contributed by atoms with Crippen molar-refractivity contribution in [3.05, 3.63) is 83.1 Å². The molecule has 1 aromatic heterocycles. The van der Waals surface area contributed by atoms with Gasteiger partial charge < -0.3 is 30.3 Å². The molecule has 2 aliphatic rings. The number of aromatic nitrogens is 1. The second-order valence-corrected chi connectivity index (χ2v) is 10.6. The van der Waals surface area contributed by atoms with Crippen molar-refractivity contribution >= 4 is 40.8 Å². The summed E-state index contributed by atoms with van der Waals surface area (Å²) in [6.07, 6.45) is 5.15. The van der Waals surface area contributed by atoms with E-state index in [2.05, 4.69) is 20.9 Å². The van der Waals surface area contributed by atoms with E-state index in [1.807, 2.05) is 12.1 Å². The molecule has 10 nitrogen and oxygen atoms in total. The largest absolute Gasteiger partial charge is 0.490 e. The summed E-state index contributed by atoms with van der Waals surface area (Å²) < 4.78 is 12.3. The highest BCUT2D eigenvalue weighted by molar-refractivity contribution is 6.30. The first-order valence-electron chi connectivity index (χ1n) is 13.5. The van der Waals surface area contributed by atoms with Gasteiger partial charge in [-0.25, -0.2) is 4.79 Å². The van der Waals surface area contributed by atoms with Crippen molar-refractivity contribution in [3.63, 3.8) is 0 Å². The average Bonchev–Trinajstić information content (AvgIpc) is 2.96. The van der Waals surface area contributed by atoms with Crippen LogP contribution in [-0.2, 0) is 16.0 Å². The van der Waals surface area contributed by atoms with Crippen molar-refractivity contribution in [2.45, 2.75) is 43.9 Å². The number of benzene rings is 2. The standard InChI is InChI=1S/C30H32ClN5O5/c1-36-25-7-6-23(17-28(37)33-14-11-19-9-12-32-13-10-19)41-27(25)18-40-26-8-5-22(16-24(26)29(36)38)35-30(39)34-21-4-2-3-20(31)15-21/h2-5,8-10,12-13,15-16,23,25,27H,6-7,11,14,17-18H2,1H3,(H,33,37)(H2,34,35,39)/t23-,25+,27+/m1/s1. The second-order valence-electron chi connectivity index (χ2n) is 10.1. The fourth-order valence-corrected chi connectivity index (χ4v) is 5.33. The maximum absolute atomic E-state index is 13.5. The van der Waals surface area contributed by atoms with Crippen LogP contribution in [0.1, 0.15) is 35.2 Å². The fourth-order valence-electron chi connectivity index (χ4n) is 5.14. The zero-order valence-corrected chi connectivity index (χ0v) is 23.4. The van der Waals surface area contributed by atoms with Gasteiger partial charge in [0.05, 0.1) is 24.1 Å². The van der Waals surface area contributed by atoms with Gasteiger partial charge in [-0.2, -0.15) is 0 Å². The molecule has 5 rings (SSSR count). The topological polar surface area (TPSA) is 122 Å². The number of anilines is 2. The number of nitrogens with zero attached hydrogens (tertiary/aromatic N) is 2. The summed E-state index contributed by atoms with van der Waals surface area (Å²) in [6, 6.07) is 14.9. The molecule has 0 bridgehead atoms. The van der Waals surface area contributed by atoms with Crippen molar-refractivity contribution in [2.75, 3.05) is 30.8 Å². The van der Waals surface area contributed by atoms with Gasteiger partial charge in [0.1, 0.15) is 18.5 Å². The Morgan fingerprint density at radius 2 is 1.83 bits per heavy atom. The summed E-state index contributed by atoms with van der Waals surface area (Å²) in [5, 5.41) is 8.94. The van der Waals surface area contributed by atoms with Gasteiger partial charge in [-0.1, -0.05) is 17.7 Å². The number of carbonyl (C=O) groups is 3. The van der Waals surface area contributed by atoms with Gasteiger partial charge in [0, 0.05) is 42.4 Å². The van der Waals surface area contributed by atoms with Crippen LogP contribution in [0.3, 0.4) is 0 Å². The van der Waals surface area contributed by atoms with E-state index in [0.29, 0.717) is 47.1 Å². The SMILES string of the molecule is CN1C(=O)c2cc(NC(=O)Nc3cccc(Cl)c3)ccc2OC[C@@H]2O[C@@H](CC(=O)NCCc3ccncc3)CC[C@@H]21. The van der Waals surface area contributed by atoms with Crippen LogP contribution in [0.25, 0.3) is 0 Å². The smallest absolute Gasteiger partial charge is 0.323 e. The van der Waals surface area contributed by atoms with Crippen LogP contribution in [0.5, 0.6) is 5.75 Å². The highest BCUT2D eigenvalue weighted by Gasteiger charge is 2.39. The Bertz CT molecular complexity index is 1410. The first kappa shape index (κ1) is 28.4. The molecular formula is C30H32ClN5O5. The molecule has 3 atom stereocenters. The van der Waals surface area contributed by atoms with E-state index in [4.69, 9.17) is 21.1 Å². The number of urea groups is 1. The van der Waals surface area contributed by atoms with Gasteiger partial charge in [-0.3, -0.25) is 14.6 Å². The van der Waals surface area contributed by atoms with Crippen LogP contribution in [0, 0.1) is 0 Å².